The van der Waals surface area contributed by atoms with Crippen LogP contribution in [0, 0.1) is 17.5 Å². The van der Waals surface area contributed by atoms with Crippen LogP contribution in [-0.2, 0) is 30.5 Å². The molecule has 2 amide bonds. The monoisotopic (exact) mass is 528 g/mol. The molecule has 2 heterocycles. The van der Waals surface area contributed by atoms with Crippen molar-refractivity contribution >= 4 is 27.9 Å². The molecule has 0 aliphatic carbocycles. The standard InChI is InChI=1S/C18H15BrF6N4O3/c19-15-13-7-28(1-2-29(13)16(27-15)18(23,24)25)14(30)5-9(26-17(31)32)3-8-4-11(21)12(22)6-10(8)20/h4,6,9,26H,1-3,5,7H2,(H,31,32)/t9-/m1/s1. The summed E-state index contributed by atoms with van der Waals surface area (Å²) < 4.78 is 80.7. The quantitative estimate of drug-likeness (QED) is 0.457. The number of rotatable bonds is 5. The average Bonchev–Trinajstić information content (AvgIpc) is 3.02. The fraction of sp³-hybridized carbons (Fsp3) is 0.389. The van der Waals surface area contributed by atoms with Gasteiger partial charge in [-0.3, -0.25) is 4.79 Å². The predicted molar refractivity (Wildman–Crippen MR) is 99.9 cm³/mol. The van der Waals surface area contributed by atoms with Crippen molar-refractivity contribution in [1.29, 1.82) is 0 Å². The minimum atomic E-state index is -4.68. The highest BCUT2D eigenvalue weighted by Gasteiger charge is 2.40. The van der Waals surface area contributed by atoms with Crippen LogP contribution in [0.1, 0.15) is 23.5 Å². The number of alkyl halides is 3. The number of amides is 2. The van der Waals surface area contributed by atoms with Gasteiger partial charge in [0.05, 0.1) is 12.2 Å². The number of carbonyl (C=O) groups is 2. The van der Waals surface area contributed by atoms with Crippen LogP contribution < -0.4 is 5.32 Å². The van der Waals surface area contributed by atoms with E-state index in [2.05, 4.69) is 20.9 Å². The molecule has 3 rings (SSSR count). The molecule has 1 aliphatic rings. The first-order valence-electron chi connectivity index (χ1n) is 9.09. The first-order valence-corrected chi connectivity index (χ1v) is 9.88. The Morgan fingerprint density at radius 3 is 2.44 bits per heavy atom. The fourth-order valence-corrected chi connectivity index (χ4v) is 3.94. The Morgan fingerprint density at radius 2 is 1.81 bits per heavy atom. The van der Waals surface area contributed by atoms with Crippen LogP contribution >= 0.6 is 15.9 Å². The van der Waals surface area contributed by atoms with E-state index in [4.69, 9.17) is 5.11 Å². The van der Waals surface area contributed by atoms with E-state index in [9.17, 15) is 35.9 Å². The molecule has 0 saturated carbocycles. The molecule has 1 atom stereocenters. The SMILES string of the molecule is O=C(O)N[C@@H](CC(=O)N1CCn2c(C(F)(F)F)nc(Br)c2C1)Cc1cc(F)c(F)cc1F. The largest absolute Gasteiger partial charge is 0.465 e. The summed E-state index contributed by atoms with van der Waals surface area (Å²) in [6.07, 6.45) is -7.14. The van der Waals surface area contributed by atoms with Gasteiger partial charge in [-0.15, -0.1) is 0 Å². The zero-order valence-electron chi connectivity index (χ0n) is 16.0. The number of imidazole rings is 1. The van der Waals surface area contributed by atoms with Gasteiger partial charge in [0.2, 0.25) is 11.7 Å². The Balaban J connectivity index is 1.76. The van der Waals surface area contributed by atoms with Crippen LogP contribution in [0.2, 0.25) is 0 Å². The van der Waals surface area contributed by atoms with E-state index in [1.165, 1.54) is 4.90 Å². The van der Waals surface area contributed by atoms with Gasteiger partial charge >= 0.3 is 12.3 Å². The summed E-state index contributed by atoms with van der Waals surface area (Å²) in [4.78, 5) is 28.5. The first-order chi connectivity index (χ1) is 14.9. The third-order valence-electron chi connectivity index (χ3n) is 4.87. The smallest absolute Gasteiger partial charge is 0.449 e. The second kappa shape index (κ2) is 9.00. The van der Waals surface area contributed by atoms with E-state index in [-0.39, 0.29) is 35.5 Å². The molecule has 0 radical (unpaired) electrons. The molecular weight excluding hydrogens is 514 g/mol. The number of hydrogen-bond donors (Lipinski definition) is 2. The Labute approximate surface area is 185 Å². The van der Waals surface area contributed by atoms with Gasteiger partial charge in [-0.05, 0) is 34.0 Å². The highest BCUT2D eigenvalue weighted by Crippen LogP contribution is 2.34. The lowest BCUT2D eigenvalue weighted by molar-refractivity contribution is -0.148. The van der Waals surface area contributed by atoms with Crippen LogP contribution in [-0.4, -0.2) is 44.1 Å². The molecule has 2 N–H and O–H groups in total. The number of fused-ring (bicyclic) bond motifs is 1. The summed E-state index contributed by atoms with van der Waals surface area (Å²) in [5.74, 6) is -5.60. The zero-order chi connectivity index (χ0) is 23.8. The van der Waals surface area contributed by atoms with E-state index in [1.54, 1.807) is 0 Å². The molecule has 1 aromatic heterocycles. The number of halogens is 7. The molecule has 1 aliphatic heterocycles. The maximum absolute atomic E-state index is 13.9. The number of nitrogens with zero attached hydrogens (tertiary/aromatic N) is 3. The number of hydrogen-bond acceptors (Lipinski definition) is 3. The number of benzene rings is 1. The van der Waals surface area contributed by atoms with Crippen LogP contribution in [0.15, 0.2) is 16.7 Å². The summed E-state index contributed by atoms with van der Waals surface area (Å²) in [5.41, 5.74) is -0.226. The Bertz CT molecular complexity index is 1060. The molecule has 0 fully saturated rings. The summed E-state index contributed by atoms with van der Waals surface area (Å²) in [5, 5.41) is 11.0. The van der Waals surface area contributed by atoms with E-state index < -0.39 is 60.3 Å². The number of carbonyl (C=O) groups excluding carboxylic acids is 1. The Hall–Kier alpha value is -2.77. The van der Waals surface area contributed by atoms with Crippen molar-refractivity contribution in [2.24, 2.45) is 0 Å². The molecule has 0 unspecified atom stereocenters. The molecule has 14 heteroatoms. The first kappa shape index (κ1) is 23.9. The van der Waals surface area contributed by atoms with Crippen molar-refractivity contribution < 1.29 is 41.0 Å². The van der Waals surface area contributed by atoms with E-state index in [1.807, 2.05) is 5.32 Å². The lowest BCUT2D eigenvalue weighted by Gasteiger charge is -2.30. The highest BCUT2D eigenvalue weighted by atomic mass is 79.9. The molecular formula is C18H15BrF6N4O3. The minimum Gasteiger partial charge on any atom is -0.465 e. The van der Waals surface area contributed by atoms with Crippen molar-refractivity contribution in [2.45, 2.75) is 38.1 Å². The van der Waals surface area contributed by atoms with Gasteiger partial charge in [-0.2, -0.15) is 13.2 Å². The average molecular weight is 529 g/mol. The molecule has 2 aromatic rings. The maximum Gasteiger partial charge on any atom is 0.449 e. The van der Waals surface area contributed by atoms with Crippen molar-refractivity contribution in [3.8, 4) is 0 Å². The van der Waals surface area contributed by atoms with Crippen molar-refractivity contribution in [1.82, 2.24) is 19.8 Å². The van der Waals surface area contributed by atoms with Gasteiger partial charge < -0.3 is 19.9 Å². The van der Waals surface area contributed by atoms with E-state index in [0.717, 1.165) is 4.57 Å². The summed E-state index contributed by atoms with van der Waals surface area (Å²) >= 11 is 2.95. The van der Waals surface area contributed by atoms with Gasteiger partial charge in [-0.25, -0.2) is 22.9 Å². The fourth-order valence-electron chi connectivity index (χ4n) is 3.43. The number of nitrogens with one attached hydrogen (secondary N) is 1. The molecule has 0 bridgehead atoms. The van der Waals surface area contributed by atoms with E-state index >= 15 is 0 Å². The number of aromatic nitrogens is 2. The predicted octanol–water partition coefficient (Wildman–Crippen LogP) is 3.69. The third kappa shape index (κ3) is 5.16. The Morgan fingerprint density at radius 1 is 1.16 bits per heavy atom. The molecule has 0 spiro atoms. The van der Waals surface area contributed by atoms with Crippen LogP contribution in [0.5, 0.6) is 0 Å². The second-order valence-corrected chi connectivity index (χ2v) is 7.80. The van der Waals surface area contributed by atoms with Gasteiger partial charge in [0.1, 0.15) is 10.4 Å². The molecule has 7 nitrogen and oxygen atoms in total. The van der Waals surface area contributed by atoms with Crippen molar-refractivity contribution in [3.05, 3.63) is 51.3 Å². The molecule has 174 valence electrons. The molecule has 32 heavy (non-hydrogen) atoms. The zero-order valence-corrected chi connectivity index (χ0v) is 17.6. The van der Waals surface area contributed by atoms with Gasteiger partial charge in [0, 0.05) is 31.6 Å². The van der Waals surface area contributed by atoms with Crippen LogP contribution in [0.3, 0.4) is 0 Å². The minimum absolute atomic E-state index is 0.0774. The normalized spacial score (nSPS) is 14.8. The lowest BCUT2D eigenvalue weighted by atomic mass is 10.0. The third-order valence-corrected chi connectivity index (χ3v) is 5.50. The van der Waals surface area contributed by atoms with Gasteiger partial charge in [-0.1, -0.05) is 0 Å². The lowest BCUT2D eigenvalue weighted by Crippen LogP contribution is -2.44. The summed E-state index contributed by atoms with van der Waals surface area (Å²) in [7, 11) is 0. The maximum atomic E-state index is 13.9. The topological polar surface area (TPSA) is 87.5 Å². The second-order valence-electron chi connectivity index (χ2n) is 7.05. The summed E-state index contributed by atoms with van der Waals surface area (Å²) in [6, 6.07) is -0.312. The van der Waals surface area contributed by atoms with Crippen molar-refractivity contribution in [3.63, 3.8) is 0 Å². The van der Waals surface area contributed by atoms with Gasteiger partial charge in [0.15, 0.2) is 11.6 Å². The van der Waals surface area contributed by atoms with Crippen LogP contribution in [0.4, 0.5) is 31.1 Å². The van der Waals surface area contributed by atoms with E-state index in [0.29, 0.717) is 12.1 Å². The molecule has 0 saturated heterocycles. The highest BCUT2D eigenvalue weighted by molar-refractivity contribution is 9.10. The van der Waals surface area contributed by atoms with Gasteiger partial charge in [0.25, 0.3) is 0 Å². The summed E-state index contributed by atoms with van der Waals surface area (Å²) in [6.45, 7) is -0.512. The van der Waals surface area contributed by atoms with Crippen molar-refractivity contribution in [2.75, 3.05) is 6.54 Å². The Kier molecular flexibility index (Phi) is 6.72. The number of carboxylic acid groups (broad SMARTS) is 1. The molecule has 1 aromatic carbocycles. The van der Waals surface area contributed by atoms with Crippen LogP contribution in [0.25, 0.3) is 0 Å².